The van der Waals surface area contributed by atoms with Gasteiger partial charge in [-0.1, -0.05) is 0 Å². The largest absolute Gasteiger partial charge is 0.382 e. The van der Waals surface area contributed by atoms with Crippen molar-refractivity contribution in [3.8, 4) is 0 Å². The Bertz CT molecular complexity index is 295. The highest BCUT2D eigenvalue weighted by molar-refractivity contribution is 5.35. The van der Waals surface area contributed by atoms with Gasteiger partial charge in [-0.25, -0.2) is 0 Å². The van der Waals surface area contributed by atoms with Crippen molar-refractivity contribution in [1.82, 2.24) is 9.78 Å². The van der Waals surface area contributed by atoms with Crippen LogP contribution in [0.5, 0.6) is 0 Å². The molecule has 0 aliphatic heterocycles. The molecule has 0 unspecified atom stereocenters. The fourth-order valence-corrected chi connectivity index (χ4v) is 1.27. The molecule has 1 aromatic heterocycles. The maximum atomic E-state index is 5.63. The first kappa shape index (κ1) is 14.0. The third-order valence-corrected chi connectivity index (χ3v) is 2.25. The molecule has 1 heterocycles. The number of rotatable bonds is 9. The summed E-state index contributed by atoms with van der Waals surface area (Å²) in [5.41, 5.74) is 6.63. The van der Waals surface area contributed by atoms with Crippen LogP contribution in [0.25, 0.3) is 0 Å². The zero-order valence-corrected chi connectivity index (χ0v) is 10.5. The van der Waals surface area contributed by atoms with Crippen molar-refractivity contribution in [3.05, 3.63) is 11.8 Å². The van der Waals surface area contributed by atoms with E-state index in [1.807, 2.05) is 13.1 Å². The highest BCUT2D eigenvalue weighted by Gasteiger charge is 1.99. The summed E-state index contributed by atoms with van der Waals surface area (Å²) >= 11 is 0. The van der Waals surface area contributed by atoms with Crippen LogP contribution >= 0.6 is 0 Å². The quantitative estimate of drug-likeness (QED) is 0.638. The molecule has 6 heteroatoms. The van der Waals surface area contributed by atoms with Gasteiger partial charge in [-0.05, 0) is 6.92 Å². The number of anilines is 1. The molecule has 1 rings (SSSR count). The third kappa shape index (κ3) is 5.67. The first-order valence-electron chi connectivity index (χ1n) is 5.68. The lowest BCUT2D eigenvalue weighted by molar-refractivity contribution is 0.0225. The summed E-state index contributed by atoms with van der Waals surface area (Å²) in [5.74, 6) is 0.577. The van der Waals surface area contributed by atoms with Gasteiger partial charge in [0.15, 0.2) is 0 Å². The summed E-state index contributed by atoms with van der Waals surface area (Å²) in [7, 11) is 1.65. The Morgan fingerprint density at radius 1 is 1.18 bits per heavy atom. The molecule has 2 N–H and O–H groups in total. The van der Waals surface area contributed by atoms with E-state index in [4.69, 9.17) is 19.9 Å². The van der Waals surface area contributed by atoms with Crippen LogP contribution in [0.4, 0.5) is 5.82 Å². The molecule has 0 aromatic carbocycles. The molecular formula is C11H21N3O3. The molecule has 98 valence electrons. The minimum Gasteiger partial charge on any atom is -0.382 e. The minimum absolute atomic E-state index is 0.577. The Morgan fingerprint density at radius 2 is 1.82 bits per heavy atom. The zero-order chi connectivity index (χ0) is 12.5. The van der Waals surface area contributed by atoms with Gasteiger partial charge in [0.05, 0.1) is 39.6 Å². The molecule has 0 spiro atoms. The van der Waals surface area contributed by atoms with E-state index < -0.39 is 0 Å². The number of nitrogen functional groups attached to an aromatic ring is 1. The zero-order valence-electron chi connectivity index (χ0n) is 10.5. The number of methoxy groups -OCH3 is 1. The monoisotopic (exact) mass is 243 g/mol. The van der Waals surface area contributed by atoms with E-state index >= 15 is 0 Å². The molecule has 0 atom stereocenters. The smallest absolute Gasteiger partial charge is 0.148 e. The van der Waals surface area contributed by atoms with E-state index in [9.17, 15) is 0 Å². The van der Waals surface area contributed by atoms with Crippen LogP contribution < -0.4 is 5.73 Å². The van der Waals surface area contributed by atoms with Crippen molar-refractivity contribution in [2.75, 3.05) is 45.9 Å². The van der Waals surface area contributed by atoms with Crippen LogP contribution in [0, 0.1) is 6.92 Å². The number of aryl methyl sites for hydroxylation is 1. The van der Waals surface area contributed by atoms with Crippen molar-refractivity contribution in [2.45, 2.75) is 13.5 Å². The first-order chi connectivity index (χ1) is 8.24. The van der Waals surface area contributed by atoms with Crippen LogP contribution in [0.1, 0.15) is 5.56 Å². The number of nitrogens with two attached hydrogens (primary N) is 1. The van der Waals surface area contributed by atoms with Crippen LogP contribution in [0.15, 0.2) is 6.20 Å². The van der Waals surface area contributed by atoms with Crippen molar-refractivity contribution >= 4 is 5.82 Å². The Kier molecular flexibility index (Phi) is 6.61. The summed E-state index contributed by atoms with van der Waals surface area (Å²) in [6.07, 6.45) is 1.91. The standard InChI is InChI=1S/C11H21N3O3/c1-10-9-14(13-11(10)12)3-4-16-7-8-17-6-5-15-2/h9H,3-8H2,1-2H3,(H2,12,13). The summed E-state index contributed by atoms with van der Waals surface area (Å²) in [6, 6.07) is 0. The second-order valence-corrected chi connectivity index (χ2v) is 3.68. The molecule has 0 aliphatic carbocycles. The molecule has 0 radical (unpaired) electrons. The summed E-state index contributed by atoms with van der Waals surface area (Å²) < 4.78 is 17.3. The lowest BCUT2D eigenvalue weighted by Gasteiger charge is -2.05. The summed E-state index contributed by atoms with van der Waals surface area (Å²) in [5, 5.41) is 4.14. The van der Waals surface area contributed by atoms with E-state index in [-0.39, 0.29) is 0 Å². The Balaban J connectivity index is 1.97. The molecule has 0 saturated carbocycles. The topological polar surface area (TPSA) is 71.5 Å². The van der Waals surface area contributed by atoms with E-state index in [0.29, 0.717) is 45.4 Å². The molecule has 1 aromatic rings. The number of aromatic nitrogens is 2. The van der Waals surface area contributed by atoms with Gasteiger partial charge in [-0.3, -0.25) is 4.68 Å². The number of hydrogen-bond acceptors (Lipinski definition) is 5. The van der Waals surface area contributed by atoms with Gasteiger partial charge in [0.25, 0.3) is 0 Å². The van der Waals surface area contributed by atoms with E-state index in [1.165, 1.54) is 0 Å². The molecule has 0 aliphatic rings. The SMILES string of the molecule is COCCOCCOCCn1cc(C)c(N)n1. The van der Waals surface area contributed by atoms with Crippen LogP contribution in [0.3, 0.4) is 0 Å². The average Bonchev–Trinajstić information content (AvgIpc) is 2.62. The lowest BCUT2D eigenvalue weighted by atomic mass is 10.4. The summed E-state index contributed by atoms with van der Waals surface area (Å²) in [4.78, 5) is 0. The molecular weight excluding hydrogens is 222 g/mol. The maximum absolute atomic E-state index is 5.63. The predicted molar refractivity (Wildman–Crippen MR) is 64.9 cm³/mol. The van der Waals surface area contributed by atoms with Gasteiger partial charge in [0, 0.05) is 18.9 Å². The maximum Gasteiger partial charge on any atom is 0.148 e. The third-order valence-electron chi connectivity index (χ3n) is 2.25. The highest BCUT2D eigenvalue weighted by Crippen LogP contribution is 2.05. The van der Waals surface area contributed by atoms with Gasteiger partial charge in [0.2, 0.25) is 0 Å². The second-order valence-electron chi connectivity index (χ2n) is 3.68. The average molecular weight is 243 g/mol. The second kappa shape index (κ2) is 8.05. The lowest BCUT2D eigenvalue weighted by Crippen LogP contribution is -2.12. The number of hydrogen-bond donors (Lipinski definition) is 1. The van der Waals surface area contributed by atoms with Crippen LogP contribution in [-0.4, -0.2) is 49.9 Å². The predicted octanol–water partition coefficient (Wildman–Crippen LogP) is 0.453. The minimum atomic E-state index is 0.577. The van der Waals surface area contributed by atoms with E-state index in [0.717, 1.165) is 5.56 Å². The molecule has 0 amide bonds. The highest BCUT2D eigenvalue weighted by atomic mass is 16.5. The Morgan fingerprint density at radius 3 is 2.41 bits per heavy atom. The van der Waals surface area contributed by atoms with Crippen molar-refractivity contribution < 1.29 is 14.2 Å². The van der Waals surface area contributed by atoms with E-state index in [2.05, 4.69) is 5.10 Å². The summed E-state index contributed by atoms with van der Waals surface area (Å²) in [6.45, 7) is 5.64. The van der Waals surface area contributed by atoms with E-state index in [1.54, 1.807) is 11.8 Å². The van der Waals surface area contributed by atoms with Gasteiger partial charge < -0.3 is 19.9 Å². The normalized spacial score (nSPS) is 10.9. The van der Waals surface area contributed by atoms with Gasteiger partial charge in [-0.2, -0.15) is 5.10 Å². The van der Waals surface area contributed by atoms with Crippen molar-refractivity contribution in [1.29, 1.82) is 0 Å². The van der Waals surface area contributed by atoms with Gasteiger partial charge >= 0.3 is 0 Å². The molecule has 17 heavy (non-hydrogen) atoms. The van der Waals surface area contributed by atoms with Crippen molar-refractivity contribution in [2.24, 2.45) is 0 Å². The number of ether oxygens (including phenoxy) is 3. The molecule has 6 nitrogen and oxygen atoms in total. The van der Waals surface area contributed by atoms with Gasteiger partial charge in [0.1, 0.15) is 5.82 Å². The Labute approximate surface area is 102 Å². The van der Waals surface area contributed by atoms with Crippen LogP contribution in [0.2, 0.25) is 0 Å². The van der Waals surface area contributed by atoms with Crippen LogP contribution in [-0.2, 0) is 20.8 Å². The van der Waals surface area contributed by atoms with Crippen molar-refractivity contribution in [3.63, 3.8) is 0 Å². The molecule has 0 fully saturated rings. The molecule has 0 saturated heterocycles. The Hall–Kier alpha value is -1.11. The number of nitrogens with zero attached hydrogens (tertiary/aromatic N) is 2. The fourth-order valence-electron chi connectivity index (χ4n) is 1.27. The first-order valence-corrected chi connectivity index (χ1v) is 5.68. The van der Waals surface area contributed by atoms with Gasteiger partial charge in [-0.15, -0.1) is 0 Å². The molecule has 0 bridgehead atoms. The fraction of sp³-hybridized carbons (Fsp3) is 0.727.